The number of sulfonamides is 2. The standard InChI is InChI=1S/C88H120N22O25S2/c1-53-43-61(44-54(2)76(53)136(129,130)107-66(83(124)125)51-100-78(119)57-18-23-68-59(47-57)49-102-109(68)39-13-29-93-85-95-35-36-96-85)133-41-11-16-70(111)89-31-32-91-72(113)25-20-63(105-82(123)65(22-27-75(117)118)106-81(122)64(21-26-74(115)116)104-73(114)15-9-8-10-28-99-87(128)135-88(5,6)7)80(121)92-34-33-90-71(112)17-12-42-134-62-45-55(3)77(56(4)46-62)137(131,132)108-67(84(126)127)52-101-79(120)58-19-24-69-60(48-58)50-103-110(69)40-14-30-94-86-97-37-38-98-86/h18-19,23-24,35-38,43-50,63-67,107-108H,8-17,20-22,25-34,39-42,51-52H2,1-7H3,(H,89,111)(H,90,112)(H,91,113)(H,92,121)(H,99,128)(H,100,119)(H,101,120)(H,104,114)(H,105,123)(H,106,122)(H,115,116)(H,117,118)(H,124,125)(H,126,127)(H2,93,95,96)(H2,94,97,98)/t63?,64-,65-,66-,67-/m0/s1. The highest BCUT2D eigenvalue weighted by atomic mass is 32.2. The number of fused-ring (bicyclic) bond motifs is 2. The van der Waals surface area contributed by atoms with Crippen LogP contribution in [0, 0.1) is 27.7 Å². The van der Waals surface area contributed by atoms with Gasteiger partial charge in [0.25, 0.3) is 11.8 Å². The van der Waals surface area contributed by atoms with Gasteiger partial charge >= 0.3 is 30.0 Å². The maximum atomic E-state index is 14.3. The summed E-state index contributed by atoms with van der Waals surface area (Å²) in [5.74, 6) is -10.9. The highest BCUT2D eigenvalue weighted by molar-refractivity contribution is 7.90. The van der Waals surface area contributed by atoms with Crippen molar-refractivity contribution in [3.8, 4) is 11.5 Å². The number of aromatic amines is 2. The maximum absolute atomic E-state index is 14.3. The molecular weight excluding hydrogens is 1830 g/mol. The number of ether oxygens (including phenoxy) is 3. The van der Waals surface area contributed by atoms with Crippen molar-refractivity contribution in [2.24, 2.45) is 0 Å². The first-order chi connectivity index (χ1) is 65.1. The number of alkyl carbamates (subject to hydrolysis) is 1. The molecule has 0 saturated heterocycles. The molecule has 0 aliphatic rings. The smallest absolute Gasteiger partial charge is 0.407 e. The Balaban J connectivity index is 0.798. The van der Waals surface area contributed by atoms with Gasteiger partial charge in [-0.15, -0.1) is 0 Å². The number of carboxylic acids is 4. The van der Waals surface area contributed by atoms with Crippen molar-refractivity contribution in [3.05, 3.63) is 131 Å². The number of H-pyrrole nitrogens is 2. The number of nitrogens with zero attached hydrogens (tertiary/aromatic N) is 6. The summed E-state index contributed by atoms with van der Waals surface area (Å²) in [6.07, 6.45) is 8.37. The zero-order valence-corrected chi connectivity index (χ0v) is 78.6. The van der Waals surface area contributed by atoms with Crippen molar-refractivity contribution >= 4 is 137 Å². The normalized spacial score (nSPS) is 12.6. The molecule has 137 heavy (non-hydrogen) atoms. The van der Waals surface area contributed by atoms with Crippen molar-refractivity contribution < 1.29 is 119 Å². The number of imidazole rings is 2. The average molecular weight is 1950 g/mol. The number of carbonyl (C=O) groups excluding carboxylic acids is 10. The highest BCUT2D eigenvalue weighted by Crippen LogP contribution is 2.29. The van der Waals surface area contributed by atoms with Crippen molar-refractivity contribution in [2.45, 2.75) is 210 Å². The van der Waals surface area contributed by atoms with Crippen LogP contribution in [0.1, 0.15) is 166 Å². The lowest BCUT2D eigenvalue weighted by Crippen LogP contribution is -2.57. The third kappa shape index (κ3) is 36.4. The number of carboxylic acid groups (broad SMARTS) is 4. The zero-order valence-electron chi connectivity index (χ0n) is 77.0. The molecule has 0 saturated carbocycles. The van der Waals surface area contributed by atoms with Crippen LogP contribution in [-0.2, 0) is 90.6 Å². The van der Waals surface area contributed by atoms with Crippen LogP contribution in [0.25, 0.3) is 21.8 Å². The van der Waals surface area contributed by atoms with Gasteiger partial charge in [-0.1, -0.05) is 6.42 Å². The van der Waals surface area contributed by atoms with Crippen LogP contribution in [-0.4, -0.2) is 268 Å². The molecule has 0 bridgehead atoms. The molecule has 49 heteroatoms. The Hall–Kier alpha value is -14.4. The van der Waals surface area contributed by atoms with E-state index in [4.69, 9.17) is 14.2 Å². The quantitative estimate of drug-likeness (QED) is 0.0244. The van der Waals surface area contributed by atoms with Gasteiger partial charge in [0.1, 0.15) is 47.3 Å². The SMILES string of the molecule is Cc1cc(OCCCC(=O)NCCNC(=O)CCC(NC(=O)[C@H](CCC(=O)O)NC(=O)[C@H](CCC(=O)O)NC(=O)CCCCCNC(=O)OC(C)(C)C)C(=O)NCCNC(=O)CCCOc2cc(C)c(S(=O)(=O)N[C@@H](CNC(=O)c3ccc4c(cnn4CCCNc4ncc[nH]4)c3)C(=O)O)c(C)c2)cc(C)c1S(=O)(=O)N[C@@H](CNC(=O)c1ccc2c(cnn2CCCNc2ncc[nH]2)c1)C(=O)O. The van der Waals surface area contributed by atoms with Gasteiger partial charge in [0.2, 0.25) is 61.4 Å². The van der Waals surface area contributed by atoms with Gasteiger partial charge in [-0.3, -0.25) is 71.7 Å². The molecule has 8 aromatic rings. The fourth-order valence-electron chi connectivity index (χ4n) is 14.2. The number of aliphatic carboxylic acids is 4. The van der Waals surface area contributed by atoms with Crippen LogP contribution < -0.4 is 82.7 Å². The van der Waals surface area contributed by atoms with Crippen LogP contribution in [0.5, 0.6) is 11.5 Å². The maximum Gasteiger partial charge on any atom is 0.407 e. The topological polar surface area (TPSA) is 677 Å². The number of anilines is 2. The van der Waals surface area contributed by atoms with Crippen molar-refractivity contribution in [1.82, 2.24) is 102 Å². The number of aromatic nitrogens is 8. The summed E-state index contributed by atoms with van der Waals surface area (Å²) in [7, 11) is -9.07. The van der Waals surface area contributed by atoms with Crippen molar-refractivity contribution in [3.63, 3.8) is 0 Å². The molecule has 1 unspecified atom stereocenters. The second kappa shape index (κ2) is 53.1. The molecule has 0 radical (unpaired) electrons. The van der Waals surface area contributed by atoms with Gasteiger partial charge in [-0.25, -0.2) is 31.6 Å². The van der Waals surface area contributed by atoms with Crippen LogP contribution in [0.4, 0.5) is 16.7 Å². The van der Waals surface area contributed by atoms with Gasteiger partial charge in [0, 0.05) is 157 Å². The minimum atomic E-state index is -4.55. The van der Waals surface area contributed by atoms with Gasteiger partial charge in [0.05, 0.1) is 46.4 Å². The van der Waals surface area contributed by atoms with E-state index in [1.54, 1.807) is 104 Å². The number of unbranched alkanes of at least 4 members (excludes halogenated alkanes) is 2. The van der Waals surface area contributed by atoms with Gasteiger partial charge in [-0.2, -0.15) is 19.6 Å². The fraction of sp³-hybridized carbons (Fsp3) is 0.477. The van der Waals surface area contributed by atoms with Crippen molar-refractivity contribution in [2.75, 3.05) is 82.8 Å². The lowest BCUT2D eigenvalue weighted by atomic mass is 10.1. The largest absolute Gasteiger partial charge is 0.494 e. The Morgan fingerprint density at radius 1 is 0.423 bits per heavy atom. The van der Waals surface area contributed by atoms with E-state index in [1.165, 1.54) is 52.0 Å². The van der Waals surface area contributed by atoms with E-state index in [1.807, 2.05) is 0 Å². The van der Waals surface area contributed by atoms with E-state index >= 15 is 0 Å². The third-order valence-electron chi connectivity index (χ3n) is 20.8. The monoisotopic (exact) mass is 1950 g/mol. The second-order valence-corrected chi connectivity index (χ2v) is 36.4. The summed E-state index contributed by atoms with van der Waals surface area (Å²) in [6.45, 7) is 11.5. The number of benzene rings is 4. The van der Waals surface area contributed by atoms with Gasteiger partial charge in [-0.05, 0) is 189 Å². The second-order valence-electron chi connectivity index (χ2n) is 33.1. The Labute approximate surface area is 789 Å². The molecule has 0 aliphatic carbocycles. The van der Waals surface area contributed by atoms with Crippen LogP contribution in [0.2, 0.25) is 0 Å². The summed E-state index contributed by atoms with van der Waals surface area (Å²) in [5.41, 5.74) is 1.88. The number of hydrogen-bond acceptors (Lipinski definition) is 27. The molecular formula is C88H120N22O25S2. The summed E-state index contributed by atoms with van der Waals surface area (Å²) in [5, 5.41) is 81.2. The Bertz CT molecular complexity index is 5720. The van der Waals surface area contributed by atoms with Crippen LogP contribution >= 0.6 is 0 Å². The molecule has 47 nitrogen and oxygen atoms in total. The first kappa shape index (κ1) is 108. The van der Waals surface area contributed by atoms with Crippen LogP contribution in [0.15, 0.2) is 108 Å². The van der Waals surface area contributed by atoms with Crippen LogP contribution in [0.3, 0.4) is 0 Å². The first-order valence-electron chi connectivity index (χ1n) is 44.4. The van der Waals surface area contributed by atoms with Gasteiger partial charge in [0.15, 0.2) is 11.9 Å². The molecule has 0 spiro atoms. The fourth-order valence-corrected chi connectivity index (χ4v) is 17.5. The minimum absolute atomic E-state index is 0.0242. The molecule has 4 aromatic heterocycles. The molecule has 4 heterocycles. The number of nitrogens with one attached hydrogen (secondary N) is 16. The average Bonchev–Trinajstić information content (AvgIpc) is 1.79. The number of aryl methyl sites for hydroxylation is 6. The summed E-state index contributed by atoms with van der Waals surface area (Å²) in [4.78, 5) is 196. The molecule has 4 aromatic carbocycles. The molecule has 10 amide bonds. The van der Waals surface area contributed by atoms with E-state index in [0.717, 1.165) is 11.0 Å². The lowest BCUT2D eigenvalue weighted by molar-refractivity contribution is -0.140. The molecule has 0 fully saturated rings. The number of hydrogen-bond donors (Lipinski definition) is 20. The van der Waals surface area contributed by atoms with E-state index in [-0.39, 0.29) is 139 Å². The summed E-state index contributed by atoms with van der Waals surface area (Å²) >= 11 is 0. The number of carbonyl (C=O) groups is 14. The molecule has 5 atom stereocenters. The Kier molecular flexibility index (Phi) is 41.8. The van der Waals surface area contributed by atoms with E-state index in [9.17, 15) is 104 Å². The highest BCUT2D eigenvalue weighted by Gasteiger charge is 2.35. The van der Waals surface area contributed by atoms with E-state index < -0.39 is 191 Å². The Morgan fingerprint density at radius 2 is 0.825 bits per heavy atom. The molecule has 20 N–H and O–H groups in total. The van der Waals surface area contributed by atoms with E-state index in [2.05, 4.69) is 103 Å². The number of amides is 10. The molecule has 0 aliphatic heterocycles. The number of rotatable bonds is 61. The van der Waals surface area contributed by atoms with Crippen molar-refractivity contribution in [1.29, 1.82) is 0 Å². The molecule has 8 rings (SSSR count). The molecule has 744 valence electrons. The lowest BCUT2D eigenvalue weighted by Gasteiger charge is -2.25. The predicted molar refractivity (Wildman–Crippen MR) is 496 cm³/mol. The predicted octanol–water partition coefficient (Wildman–Crippen LogP) is 2.93. The zero-order chi connectivity index (χ0) is 99.9. The Morgan fingerprint density at radius 3 is 1.23 bits per heavy atom. The first-order valence-corrected chi connectivity index (χ1v) is 47.4. The summed E-state index contributed by atoms with van der Waals surface area (Å²) in [6, 6.07) is 6.82. The third-order valence-corrected chi connectivity index (χ3v) is 24.3. The van der Waals surface area contributed by atoms with Gasteiger partial charge < -0.3 is 108 Å². The minimum Gasteiger partial charge on any atom is -0.494 e. The van der Waals surface area contributed by atoms with E-state index in [0.29, 0.717) is 74.5 Å². The summed E-state index contributed by atoms with van der Waals surface area (Å²) < 4.78 is 80.2.